The molecule has 0 saturated heterocycles. The molecular formula is C102H66BN5. The lowest BCUT2D eigenvalue weighted by Gasteiger charge is -2.46. The molecule has 22 rings (SSSR count). The SMILES string of the molecule is [2H]c1c([2H])c([2H])c2c(c1[2H])c1c([2H])c([2H])c([2H])c([2H])c1n2-c1ccc2c(c1)N(c1c(-c3ccccc3)cccc1-c1ccccc1)c1cc(-c3ccc4c(c3)c3ccccc3n4-c3ccccc3)cc3c1B2c1ccc(-c2ccc4c(c2)c2ccccc2n4-c2ccccc2)cc1N3c1c(-c2ccccc2)cccc1-c1ccccc1. The molecule has 3 aromatic heterocycles. The second-order valence-electron chi connectivity index (χ2n) is 28.0. The number of aromatic nitrogens is 3. The Hall–Kier alpha value is -14.2. The lowest BCUT2D eigenvalue weighted by molar-refractivity contribution is 1.17. The van der Waals surface area contributed by atoms with Crippen LogP contribution >= 0.6 is 0 Å². The zero-order valence-electron chi connectivity index (χ0n) is 66.3. The van der Waals surface area contributed by atoms with Crippen LogP contribution in [-0.4, -0.2) is 20.4 Å². The number of benzene rings is 17. The number of fused-ring (bicyclic) bond motifs is 13. The number of anilines is 6. The summed E-state index contributed by atoms with van der Waals surface area (Å²) >= 11 is 0. The molecule has 6 heteroatoms. The summed E-state index contributed by atoms with van der Waals surface area (Å²) in [5.74, 6) is 0. The summed E-state index contributed by atoms with van der Waals surface area (Å²) in [7, 11) is 0. The molecule has 0 N–H and O–H groups in total. The minimum atomic E-state index is -0.534. The summed E-state index contributed by atoms with van der Waals surface area (Å²) in [6, 6.07) is 122. The Bertz CT molecular complexity index is 7310. The Balaban J connectivity index is 0.914. The van der Waals surface area contributed by atoms with Crippen molar-refractivity contribution in [3.05, 3.63) is 400 Å². The van der Waals surface area contributed by atoms with Crippen LogP contribution in [0.25, 0.3) is 149 Å². The van der Waals surface area contributed by atoms with Crippen molar-refractivity contribution in [2.75, 3.05) is 9.80 Å². The van der Waals surface area contributed by atoms with E-state index in [2.05, 4.69) is 353 Å². The topological polar surface area (TPSA) is 21.3 Å². The third-order valence-electron chi connectivity index (χ3n) is 22.2. The maximum atomic E-state index is 9.90. The van der Waals surface area contributed by atoms with E-state index in [1.165, 1.54) is 0 Å². The maximum Gasteiger partial charge on any atom is 0.252 e. The fourth-order valence-electron chi connectivity index (χ4n) is 17.6. The van der Waals surface area contributed by atoms with Gasteiger partial charge in [-0.15, -0.1) is 0 Å². The Morgan fingerprint density at radius 1 is 0.213 bits per heavy atom. The second kappa shape index (κ2) is 24.7. The van der Waals surface area contributed by atoms with Gasteiger partial charge in [-0.1, -0.05) is 297 Å². The molecule has 5 nitrogen and oxygen atoms in total. The van der Waals surface area contributed by atoms with Crippen molar-refractivity contribution < 1.29 is 11.0 Å². The van der Waals surface area contributed by atoms with Crippen LogP contribution in [0.15, 0.2) is 400 Å². The predicted molar refractivity (Wildman–Crippen MR) is 456 cm³/mol. The van der Waals surface area contributed by atoms with E-state index in [9.17, 15) is 8.22 Å². The summed E-state index contributed by atoms with van der Waals surface area (Å²) < 4.78 is 82.3. The molecule has 502 valence electrons. The molecule has 0 atom stereocenters. The van der Waals surface area contributed by atoms with Crippen molar-refractivity contribution in [2.24, 2.45) is 0 Å². The number of para-hydroxylation sites is 8. The minimum Gasteiger partial charge on any atom is -0.310 e. The average molecular weight is 1380 g/mol. The first-order chi connectivity index (χ1) is 56.9. The maximum absolute atomic E-state index is 9.90. The summed E-state index contributed by atoms with van der Waals surface area (Å²) in [6.07, 6.45) is 0. The third-order valence-corrected chi connectivity index (χ3v) is 22.2. The van der Waals surface area contributed by atoms with Gasteiger partial charge in [0.15, 0.2) is 0 Å². The van der Waals surface area contributed by atoms with Gasteiger partial charge in [0.1, 0.15) is 0 Å². The molecule has 0 amide bonds. The van der Waals surface area contributed by atoms with Crippen molar-refractivity contribution >= 4 is 123 Å². The highest BCUT2D eigenvalue weighted by Crippen LogP contribution is 2.55. The molecule has 0 aliphatic carbocycles. The largest absolute Gasteiger partial charge is 0.310 e. The Kier molecular flexibility index (Phi) is 12.3. The van der Waals surface area contributed by atoms with Gasteiger partial charge in [-0.25, -0.2) is 0 Å². The normalized spacial score (nSPS) is 13.4. The molecule has 0 fully saturated rings. The van der Waals surface area contributed by atoms with E-state index in [1.807, 2.05) is 18.2 Å². The summed E-state index contributed by atoms with van der Waals surface area (Å²) in [6.45, 7) is -0.534. The number of rotatable bonds is 11. The zero-order chi connectivity index (χ0) is 77.9. The minimum absolute atomic E-state index is 0.000660. The molecule has 108 heavy (non-hydrogen) atoms. The molecule has 0 saturated carbocycles. The van der Waals surface area contributed by atoms with Crippen molar-refractivity contribution in [1.29, 1.82) is 0 Å². The predicted octanol–water partition coefficient (Wildman–Crippen LogP) is 25.1. The van der Waals surface area contributed by atoms with Crippen molar-refractivity contribution in [3.8, 4) is 83.8 Å². The number of hydrogen-bond acceptors (Lipinski definition) is 2. The van der Waals surface area contributed by atoms with Crippen LogP contribution < -0.4 is 26.2 Å². The van der Waals surface area contributed by atoms with Crippen LogP contribution in [-0.2, 0) is 0 Å². The monoisotopic (exact) mass is 1380 g/mol. The van der Waals surface area contributed by atoms with Crippen molar-refractivity contribution in [3.63, 3.8) is 0 Å². The zero-order valence-corrected chi connectivity index (χ0v) is 58.3. The standard InChI is InChI=1S/C102H66BN5/c1-7-29-67(30-8-1)78-45-27-46-79(68-31-9-2-10-32-68)101(78)107-96-63-73(71-54-59-94-86(61-71)84-43-21-25-51-92(84)104(94)75-37-15-5-16-38-75)53-57-88(96)103-89-58-56-77(106-90-49-23-19-41-82(90)83-42-20-24-50-91(83)106)66-97(89)108(102-80(69-33-11-3-12-34-69)47-28-48-81(102)70-35-13-4-14-36-70)99-65-74(64-98(107)100(99)103)72-55-60-95-87(62-72)85-44-22-26-52-93(85)105(95)76-39-17-6-18-40-76/h1-66H/i19D,20D,23D,24D,41D,42D,49D,50D. The third kappa shape index (κ3) is 9.53. The van der Waals surface area contributed by atoms with Crippen LogP contribution in [0.4, 0.5) is 34.1 Å². The molecular weight excluding hydrogens is 1310 g/mol. The van der Waals surface area contributed by atoms with Crippen LogP contribution in [0.2, 0.25) is 0 Å². The first kappa shape index (κ1) is 53.6. The highest BCUT2D eigenvalue weighted by Gasteiger charge is 2.46. The molecule has 0 radical (unpaired) electrons. The van der Waals surface area contributed by atoms with Gasteiger partial charge in [0.2, 0.25) is 0 Å². The molecule has 5 heterocycles. The number of hydrogen-bond donors (Lipinski definition) is 0. The van der Waals surface area contributed by atoms with E-state index < -0.39 is 43.0 Å². The van der Waals surface area contributed by atoms with Crippen LogP contribution in [0.5, 0.6) is 0 Å². The Morgan fingerprint density at radius 3 is 1.01 bits per heavy atom. The fourth-order valence-corrected chi connectivity index (χ4v) is 17.6. The van der Waals surface area contributed by atoms with Gasteiger partial charge in [-0.2, -0.15) is 0 Å². The molecule has 0 unspecified atom stereocenters. The highest BCUT2D eigenvalue weighted by molar-refractivity contribution is 7.00. The van der Waals surface area contributed by atoms with Gasteiger partial charge in [0.05, 0.1) is 55.4 Å². The van der Waals surface area contributed by atoms with Crippen LogP contribution in [0.3, 0.4) is 0 Å². The molecule has 17 aromatic carbocycles. The molecule has 0 bridgehead atoms. The first-order valence-corrected chi connectivity index (χ1v) is 36.7. The quantitative estimate of drug-likeness (QED) is 0.120. The van der Waals surface area contributed by atoms with E-state index in [4.69, 9.17) is 2.74 Å². The van der Waals surface area contributed by atoms with Gasteiger partial charge >= 0.3 is 0 Å². The molecule has 2 aliphatic rings. The molecule has 2 aliphatic heterocycles. The van der Waals surface area contributed by atoms with Gasteiger partial charge in [0, 0.05) is 94.4 Å². The first-order valence-electron chi connectivity index (χ1n) is 40.7. The summed E-state index contributed by atoms with van der Waals surface area (Å²) in [5, 5.41) is 4.45. The second-order valence-corrected chi connectivity index (χ2v) is 28.0. The van der Waals surface area contributed by atoms with Gasteiger partial charge in [0.25, 0.3) is 6.71 Å². The van der Waals surface area contributed by atoms with E-state index in [-0.39, 0.29) is 33.9 Å². The fraction of sp³-hybridized carbons (Fsp3) is 0. The van der Waals surface area contributed by atoms with Crippen LogP contribution in [0.1, 0.15) is 11.0 Å². The smallest absolute Gasteiger partial charge is 0.252 e. The van der Waals surface area contributed by atoms with Gasteiger partial charge < -0.3 is 23.5 Å². The van der Waals surface area contributed by atoms with Gasteiger partial charge in [-0.05, 0) is 164 Å². The van der Waals surface area contributed by atoms with E-state index >= 15 is 0 Å². The molecule has 0 spiro atoms. The van der Waals surface area contributed by atoms with E-state index in [0.717, 1.165) is 172 Å². The Labute approximate surface area is 637 Å². The lowest BCUT2D eigenvalue weighted by Crippen LogP contribution is -2.61. The van der Waals surface area contributed by atoms with E-state index in [0.29, 0.717) is 5.69 Å². The summed E-state index contributed by atoms with van der Waals surface area (Å²) in [4.78, 5) is 5.00. The van der Waals surface area contributed by atoms with Crippen molar-refractivity contribution in [2.45, 2.75) is 0 Å². The van der Waals surface area contributed by atoms with Gasteiger partial charge in [-0.3, -0.25) is 0 Å². The molecule has 20 aromatic rings. The Morgan fingerprint density at radius 2 is 0.556 bits per heavy atom. The highest BCUT2D eigenvalue weighted by atomic mass is 15.2. The van der Waals surface area contributed by atoms with Crippen LogP contribution in [0, 0.1) is 0 Å². The lowest BCUT2D eigenvalue weighted by atomic mass is 9.33. The number of nitrogens with zero attached hydrogens (tertiary/aromatic N) is 5. The average Bonchev–Trinajstić information content (AvgIpc) is 0.941. The van der Waals surface area contributed by atoms with E-state index in [1.54, 1.807) is 4.57 Å². The van der Waals surface area contributed by atoms with Crippen molar-refractivity contribution in [1.82, 2.24) is 13.7 Å². The summed E-state index contributed by atoms with van der Waals surface area (Å²) in [5.41, 5.74) is 27.1.